The van der Waals surface area contributed by atoms with Crippen LogP contribution in [0, 0.1) is 0 Å². The first-order chi connectivity index (χ1) is 11.2. The van der Waals surface area contributed by atoms with Gasteiger partial charge < -0.3 is 15.4 Å². The Labute approximate surface area is 159 Å². The molecule has 0 aromatic carbocycles. The van der Waals surface area contributed by atoms with Gasteiger partial charge in [-0.25, -0.2) is 14.7 Å². The molecule has 2 aromatic heterocycles. The summed E-state index contributed by atoms with van der Waals surface area (Å²) in [6.07, 6.45) is 5.38. The van der Waals surface area contributed by atoms with Crippen molar-refractivity contribution in [3.05, 3.63) is 42.4 Å². The van der Waals surface area contributed by atoms with E-state index in [0.717, 1.165) is 23.9 Å². The van der Waals surface area contributed by atoms with Gasteiger partial charge in [-0.3, -0.25) is 0 Å². The molecule has 0 saturated heterocycles. The minimum atomic E-state index is 0. The molecule has 1 atom stereocenters. The van der Waals surface area contributed by atoms with Crippen LogP contribution in [0.1, 0.15) is 19.4 Å². The fourth-order valence-electron chi connectivity index (χ4n) is 2.10. The summed E-state index contributed by atoms with van der Waals surface area (Å²) in [6, 6.07) is 6.00. The van der Waals surface area contributed by atoms with Crippen LogP contribution in [-0.2, 0) is 11.3 Å². The van der Waals surface area contributed by atoms with Crippen LogP contribution in [0.25, 0.3) is 5.82 Å². The van der Waals surface area contributed by atoms with E-state index < -0.39 is 0 Å². The Morgan fingerprint density at radius 1 is 1.42 bits per heavy atom. The summed E-state index contributed by atoms with van der Waals surface area (Å²) in [6.45, 7) is 6.09. The molecule has 0 aliphatic heterocycles. The van der Waals surface area contributed by atoms with E-state index in [1.807, 2.05) is 31.3 Å². The standard InChI is InChI=1S/C16H24N6O.HI/c1-4-17-16(21-13(2)12-23-3)19-11-14-6-8-18-15(10-14)22-9-5-7-20-22;/h5-10,13H,4,11-12H2,1-3H3,(H2,17,19,21);1H. The first-order valence-electron chi connectivity index (χ1n) is 7.71. The largest absolute Gasteiger partial charge is 0.383 e. The predicted octanol–water partition coefficient (Wildman–Crippen LogP) is 1.98. The van der Waals surface area contributed by atoms with Gasteiger partial charge in [0.1, 0.15) is 0 Å². The minimum Gasteiger partial charge on any atom is -0.383 e. The monoisotopic (exact) mass is 444 g/mol. The van der Waals surface area contributed by atoms with Crippen LogP contribution in [0.3, 0.4) is 0 Å². The third-order valence-corrected chi connectivity index (χ3v) is 3.11. The number of pyridine rings is 1. The highest BCUT2D eigenvalue weighted by Crippen LogP contribution is 2.07. The highest BCUT2D eigenvalue weighted by Gasteiger charge is 2.05. The van der Waals surface area contributed by atoms with Gasteiger partial charge in [0.25, 0.3) is 0 Å². The zero-order valence-corrected chi connectivity index (χ0v) is 16.6. The lowest BCUT2D eigenvalue weighted by molar-refractivity contribution is 0.179. The molecule has 7 nitrogen and oxygen atoms in total. The normalized spacial score (nSPS) is 12.4. The summed E-state index contributed by atoms with van der Waals surface area (Å²) in [7, 11) is 1.69. The molecule has 0 bridgehead atoms. The average Bonchev–Trinajstić information content (AvgIpc) is 3.08. The molecule has 0 amide bonds. The first-order valence-corrected chi connectivity index (χ1v) is 7.71. The summed E-state index contributed by atoms with van der Waals surface area (Å²) in [5, 5.41) is 10.7. The SMILES string of the molecule is CCNC(=NCc1ccnc(-n2cccn2)c1)NC(C)COC.I. The molecule has 0 saturated carbocycles. The van der Waals surface area contributed by atoms with Crippen LogP contribution in [0.15, 0.2) is 41.8 Å². The predicted molar refractivity (Wildman–Crippen MR) is 106 cm³/mol. The molecule has 0 aliphatic carbocycles. The second-order valence-electron chi connectivity index (χ2n) is 5.17. The van der Waals surface area contributed by atoms with E-state index in [4.69, 9.17) is 4.74 Å². The van der Waals surface area contributed by atoms with E-state index in [2.05, 4.69) is 32.6 Å². The van der Waals surface area contributed by atoms with E-state index in [1.165, 1.54) is 0 Å². The van der Waals surface area contributed by atoms with E-state index in [-0.39, 0.29) is 30.0 Å². The topological polar surface area (TPSA) is 76.4 Å². The molecule has 2 aromatic rings. The van der Waals surface area contributed by atoms with Gasteiger partial charge >= 0.3 is 0 Å². The molecule has 0 spiro atoms. The van der Waals surface area contributed by atoms with Crippen molar-refractivity contribution in [3.63, 3.8) is 0 Å². The molecule has 1 unspecified atom stereocenters. The van der Waals surface area contributed by atoms with Crippen molar-refractivity contribution in [2.45, 2.75) is 26.4 Å². The van der Waals surface area contributed by atoms with E-state index in [0.29, 0.717) is 13.2 Å². The maximum absolute atomic E-state index is 5.14. The number of aromatic nitrogens is 3. The lowest BCUT2D eigenvalue weighted by Crippen LogP contribution is -2.43. The van der Waals surface area contributed by atoms with Gasteiger partial charge in [-0.05, 0) is 37.6 Å². The fraction of sp³-hybridized carbons (Fsp3) is 0.438. The molecule has 0 radical (unpaired) electrons. The third kappa shape index (κ3) is 6.44. The molecular formula is C16H25IN6O. The molecule has 2 heterocycles. The van der Waals surface area contributed by atoms with Crippen molar-refractivity contribution in [1.82, 2.24) is 25.4 Å². The van der Waals surface area contributed by atoms with Gasteiger partial charge in [-0.1, -0.05) is 0 Å². The summed E-state index contributed by atoms with van der Waals surface area (Å²) < 4.78 is 6.87. The minimum absolute atomic E-state index is 0. The van der Waals surface area contributed by atoms with Gasteiger partial charge in [0, 0.05) is 38.3 Å². The van der Waals surface area contributed by atoms with E-state index in [1.54, 1.807) is 24.2 Å². The number of rotatable bonds is 7. The molecule has 0 aliphatic rings. The van der Waals surface area contributed by atoms with Crippen molar-refractivity contribution in [2.75, 3.05) is 20.3 Å². The number of halogens is 1. The maximum Gasteiger partial charge on any atom is 0.191 e. The second kappa shape index (κ2) is 11.0. The Morgan fingerprint density at radius 2 is 2.25 bits per heavy atom. The Kier molecular flexibility index (Phi) is 9.31. The van der Waals surface area contributed by atoms with Crippen LogP contribution >= 0.6 is 24.0 Å². The summed E-state index contributed by atoms with van der Waals surface area (Å²) in [5.41, 5.74) is 1.07. The number of guanidine groups is 1. The number of ether oxygens (including phenoxy) is 1. The van der Waals surface area contributed by atoms with Gasteiger partial charge in [-0.15, -0.1) is 24.0 Å². The Bertz CT molecular complexity index is 617. The van der Waals surface area contributed by atoms with Crippen LogP contribution in [-0.4, -0.2) is 47.0 Å². The maximum atomic E-state index is 5.14. The number of hydrogen-bond donors (Lipinski definition) is 2. The van der Waals surface area contributed by atoms with Crippen LogP contribution < -0.4 is 10.6 Å². The first kappa shape index (κ1) is 20.4. The second-order valence-corrected chi connectivity index (χ2v) is 5.17. The molecular weight excluding hydrogens is 419 g/mol. The lowest BCUT2D eigenvalue weighted by Gasteiger charge is -2.17. The Morgan fingerprint density at radius 3 is 2.92 bits per heavy atom. The summed E-state index contributed by atoms with van der Waals surface area (Å²) in [4.78, 5) is 8.93. The molecule has 132 valence electrons. The zero-order valence-electron chi connectivity index (χ0n) is 14.3. The fourth-order valence-corrected chi connectivity index (χ4v) is 2.10. The Hall–Kier alpha value is -1.68. The zero-order chi connectivity index (χ0) is 16.5. The number of nitrogens with one attached hydrogen (secondary N) is 2. The molecule has 0 fully saturated rings. The highest BCUT2D eigenvalue weighted by molar-refractivity contribution is 14.0. The molecule has 8 heteroatoms. The highest BCUT2D eigenvalue weighted by atomic mass is 127. The lowest BCUT2D eigenvalue weighted by atomic mass is 10.2. The van der Waals surface area contributed by atoms with Crippen molar-refractivity contribution in [2.24, 2.45) is 4.99 Å². The number of nitrogens with zero attached hydrogens (tertiary/aromatic N) is 4. The van der Waals surface area contributed by atoms with Crippen LogP contribution in [0.2, 0.25) is 0 Å². The van der Waals surface area contributed by atoms with E-state index >= 15 is 0 Å². The molecule has 2 rings (SSSR count). The quantitative estimate of drug-likeness (QED) is 0.388. The van der Waals surface area contributed by atoms with Crippen LogP contribution in [0.5, 0.6) is 0 Å². The van der Waals surface area contributed by atoms with Gasteiger partial charge in [0.2, 0.25) is 0 Å². The number of aliphatic imine (C=N–C) groups is 1. The van der Waals surface area contributed by atoms with Crippen molar-refractivity contribution >= 4 is 29.9 Å². The summed E-state index contributed by atoms with van der Waals surface area (Å²) >= 11 is 0. The average molecular weight is 444 g/mol. The van der Waals surface area contributed by atoms with Crippen molar-refractivity contribution in [1.29, 1.82) is 0 Å². The number of methoxy groups -OCH3 is 1. The van der Waals surface area contributed by atoms with E-state index in [9.17, 15) is 0 Å². The van der Waals surface area contributed by atoms with Crippen molar-refractivity contribution < 1.29 is 4.74 Å². The van der Waals surface area contributed by atoms with Gasteiger partial charge in [0.05, 0.1) is 13.2 Å². The van der Waals surface area contributed by atoms with Gasteiger partial charge in [-0.2, -0.15) is 5.10 Å². The Balaban J connectivity index is 0.00000288. The van der Waals surface area contributed by atoms with Crippen molar-refractivity contribution in [3.8, 4) is 5.82 Å². The van der Waals surface area contributed by atoms with Crippen LogP contribution in [0.4, 0.5) is 0 Å². The summed E-state index contributed by atoms with van der Waals surface area (Å²) in [5.74, 6) is 1.56. The molecule has 2 N–H and O–H groups in total. The number of hydrogen-bond acceptors (Lipinski definition) is 4. The van der Waals surface area contributed by atoms with Gasteiger partial charge in [0.15, 0.2) is 11.8 Å². The smallest absolute Gasteiger partial charge is 0.191 e. The third-order valence-electron chi connectivity index (χ3n) is 3.11. The molecule has 24 heavy (non-hydrogen) atoms.